The number of pyridine rings is 3. The number of anilines is 1. The first-order chi connectivity index (χ1) is 18.5. The number of ether oxygens (including phenoxy) is 1. The summed E-state index contributed by atoms with van der Waals surface area (Å²) in [5, 5.41) is 2.82. The molecule has 2 amide bonds. The lowest BCUT2D eigenvalue weighted by atomic mass is 10.1. The summed E-state index contributed by atoms with van der Waals surface area (Å²) in [4.78, 5) is 45.2. The van der Waals surface area contributed by atoms with Crippen molar-refractivity contribution in [2.75, 3.05) is 57.4 Å². The van der Waals surface area contributed by atoms with E-state index in [-0.39, 0.29) is 23.7 Å². The molecule has 3 aliphatic rings. The van der Waals surface area contributed by atoms with Crippen LogP contribution in [0.3, 0.4) is 0 Å². The van der Waals surface area contributed by atoms with Gasteiger partial charge < -0.3 is 19.9 Å². The maximum absolute atomic E-state index is 14.8. The largest absolute Gasteiger partial charge is 0.481 e. The number of halogens is 1. The van der Waals surface area contributed by atoms with Crippen LogP contribution in [0.1, 0.15) is 11.3 Å². The first kappa shape index (κ1) is 25.0. The Morgan fingerprint density at radius 2 is 2.05 bits per heavy atom. The first-order valence-electron chi connectivity index (χ1n) is 12.6. The number of thioether (sulfide) groups is 1. The number of amides is 2. The lowest BCUT2D eigenvalue weighted by Gasteiger charge is -2.46. The Balaban J connectivity index is 1.11. The molecule has 38 heavy (non-hydrogen) atoms. The van der Waals surface area contributed by atoms with Gasteiger partial charge in [0.05, 0.1) is 53.8 Å². The maximum Gasteiger partial charge on any atom is 0.237 e. The van der Waals surface area contributed by atoms with Gasteiger partial charge in [-0.2, -0.15) is 0 Å². The Kier molecular flexibility index (Phi) is 6.85. The molecule has 0 bridgehead atoms. The van der Waals surface area contributed by atoms with E-state index in [1.165, 1.54) is 25.1 Å². The Morgan fingerprint density at radius 1 is 1.16 bits per heavy atom. The van der Waals surface area contributed by atoms with Gasteiger partial charge in [0.25, 0.3) is 0 Å². The van der Waals surface area contributed by atoms with Gasteiger partial charge in [-0.25, -0.2) is 14.4 Å². The number of nitrogens with zero attached hydrogens (tertiary/aromatic N) is 6. The van der Waals surface area contributed by atoms with Crippen LogP contribution in [0.25, 0.3) is 11.0 Å². The molecule has 198 valence electrons. The van der Waals surface area contributed by atoms with E-state index in [2.05, 4.69) is 30.1 Å². The van der Waals surface area contributed by atoms with Crippen molar-refractivity contribution in [2.45, 2.75) is 23.9 Å². The standard InChI is InChI=1S/C26H28FN7O3S/c1-37-23-5-3-20-25(31-23)18(19(27)10-28-20)6-7-32-8-9-33-14-24(36)34(13-17(33)12-32)11-16-2-4-21-26(29-16)30-22(35)15-38-21/h2-5,10,17H,6-9,11-15H2,1H3,(H,29,30,35). The molecule has 0 saturated carbocycles. The third kappa shape index (κ3) is 5.03. The highest BCUT2D eigenvalue weighted by Crippen LogP contribution is 2.30. The SMILES string of the molecule is COc1ccc2ncc(F)c(CCN3CCN4CC(=O)N(Cc5ccc6c(n5)NC(=O)CS6)CC4C3)c2n1. The van der Waals surface area contributed by atoms with Gasteiger partial charge in [0, 0.05) is 50.4 Å². The third-order valence-electron chi connectivity index (χ3n) is 7.32. The molecular formula is C26H28FN7O3S. The number of hydrogen-bond acceptors (Lipinski definition) is 9. The lowest BCUT2D eigenvalue weighted by molar-refractivity contribution is -0.141. The molecule has 1 N–H and O–H groups in total. The minimum atomic E-state index is -0.363. The predicted molar refractivity (Wildman–Crippen MR) is 141 cm³/mol. The minimum Gasteiger partial charge on any atom is -0.481 e. The summed E-state index contributed by atoms with van der Waals surface area (Å²) in [6.45, 7) is 4.44. The van der Waals surface area contributed by atoms with Crippen LogP contribution in [0, 0.1) is 5.82 Å². The lowest BCUT2D eigenvalue weighted by Crippen LogP contribution is -2.63. The van der Waals surface area contributed by atoms with Crippen molar-refractivity contribution in [2.24, 2.45) is 0 Å². The number of methoxy groups -OCH3 is 1. The van der Waals surface area contributed by atoms with Crippen LogP contribution in [-0.2, 0) is 22.6 Å². The molecule has 12 heteroatoms. The van der Waals surface area contributed by atoms with Crippen molar-refractivity contribution in [3.8, 4) is 5.88 Å². The summed E-state index contributed by atoms with van der Waals surface area (Å²) < 4.78 is 20.0. The molecular weight excluding hydrogens is 509 g/mol. The molecule has 10 nitrogen and oxygen atoms in total. The van der Waals surface area contributed by atoms with E-state index in [0.29, 0.717) is 66.6 Å². The van der Waals surface area contributed by atoms with Gasteiger partial charge in [-0.15, -0.1) is 11.8 Å². The smallest absolute Gasteiger partial charge is 0.237 e. The molecule has 6 rings (SSSR count). The fraction of sp³-hybridized carbons (Fsp3) is 0.423. The van der Waals surface area contributed by atoms with Crippen molar-refractivity contribution in [1.29, 1.82) is 0 Å². The van der Waals surface area contributed by atoms with E-state index < -0.39 is 0 Å². The molecule has 2 saturated heterocycles. The summed E-state index contributed by atoms with van der Waals surface area (Å²) in [6.07, 6.45) is 1.76. The van der Waals surface area contributed by atoms with Gasteiger partial charge >= 0.3 is 0 Å². The quantitative estimate of drug-likeness (QED) is 0.504. The minimum absolute atomic E-state index is 0.0614. The van der Waals surface area contributed by atoms with Crippen LogP contribution in [0.15, 0.2) is 35.4 Å². The van der Waals surface area contributed by atoms with Gasteiger partial charge in [-0.3, -0.25) is 19.5 Å². The Hall–Kier alpha value is -3.35. The molecule has 0 spiro atoms. The number of nitrogens with one attached hydrogen (secondary N) is 1. The van der Waals surface area contributed by atoms with Crippen LogP contribution >= 0.6 is 11.8 Å². The van der Waals surface area contributed by atoms with Crippen molar-refractivity contribution in [3.05, 3.63) is 47.5 Å². The number of rotatable bonds is 6. The van der Waals surface area contributed by atoms with Gasteiger partial charge in [0.15, 0.2) is 0 Å². The second-order valence-corrected chi connectivity index (χ2v) is 10.8. The van der Waals surface area contributed by atoms with E-state index in [1.54, 1.807) is 12.1 Å². The number of piperazine rings is 2. The van der Waals surface area contributed by atoms with Gasteiger partial charge in [-0.05, 0) is 24.6 Å². The molecule has 2 fully saturated rings. The molecule has 3 aromatic heterocycles. The number of hydrogen-bond donors (Lipinski definition) is 1. The second kappa shape index (κ2) is 10.4. The third-order valence-corrected chi connectivity index (χ3v) is 8.37. The molecule has 6 heterocycles. The van der Waals surface area contributed by atoms with Gasteiger partial charge in [0.1, 0.15) is 11.6 Å². The van der Waals surface area contributed by atoms with E-state index >= 15 is 0 Å². The van der Waals surface area contributed by atoms with E-state index in [4.69, 9.17) is 4.74 Å². The number of carbonyl (C=O) groups excluding carboxylic acids is 2. The van der Waals surface area contributed by atoms with Crippen molar-refractivity contribution in [1.82, 2.24) is 29.7 Å². The molecule has 3 aromatic rings. The number of carbonyl (C=O) groups is 2. The summed E-state index contributed by atoms with van der Waals surface area (Å²) >= 11 is 1.47. The maximum atomic E-state index is 14.8. The van der Waals surface area contributed by atoms with E-state index in [1.807, 2.05) is 17.0 Å². The monoisotopic (exact) mass is 537 g/mol. The van der Waals surface area contributed by atoms with Crippen LogP contribution in [0.2, 0.25) is 0 Å². The summed E-state index contributed by atoms with van der Waals surface area (Å²) in [6, 6.07) is 7.58. The van der Waals surface area contributed by atoms with Crippen LogP contribution in [0.5, 0.6) is 5.88 Å². The van der Waals surface area contributed by atoms with Crippen molar-refractivity contribution >= 4 is 40.4 Å². The fourth-order valence-electron chi connectivity index (χ4n) is 5.31. The fourth-order valence-corrected chi connectivity index (χ4v) is 6.07. The van der Waals surface area contributed by atoms with Crippen LogP contribution < -0.4 is 10.1 Å². The topological polar surface area (TPSA) is 104 Å². The normalized spacial score (nSPS) is 20.3. The van der Waals surface area contributed by atoms with Gasteiger partial charge in [-0.1, -0.05) is 0 Å². The van der Waals surface area contributed by atoms with Crippen molar-refractivity contribution < 1.29 is 18.7 Å². The van der Waals surface area contributed by atoms with Gasteiger partial charge in [0.2, 0.25) is 17.7 Å². The van der Waals surface area contributed by atoms with E-state index in [9.17, 15) is 14.0 Å². The average Bonchev–Trinajstić information content (AvgIpc) is 2.92. The molecule has 1 atom stereocenters. The first-order valence-corrected chi connectivity index (χ1v) is 13.6. The zero-order chi connectivity index (χ0) is 26.2. The summed E-state index contributed by atoms with van der Waals surface area (Å²) in [5.74, 6) is 1.05. The highest BCUT2D eigenvalue weighted by Gasteiger charge is 2.36. The highest BCUT2D eigenvalue weighted by atomic mass is 32.2. The zero-order valence-corrected chi connectivity index (χ0v) is 21.8. The molecule has 0 aliphatic carbocycles. The average molecular weight is 538 g/mol. The Bertz CT molecular complexity index is 1410. The zero-order valence-electron chi connectivity index (χ0n) is 21.0. The summed E-state index contributed by atoms with van der Waals surface area (Å²) in [7, 11) is 1.54. The number of aromatic nitrogens is 3. The van der Waals surface area contributed by atoms with Crippen molar-refractivity contribution in [3.63, 3.8) is 0 Å². The predicted octanol–water partition coefficient (Wildman–Crippen LogP) is 1.79. The van der Waals surface area contributed by atoms with Crippen LogP contribution in [0.4, 0.5) is 10.2 Å². The molecule has 0 radical (unpaired) electrons. The molecule has 3 aliphatic heterocycles. The summed E-state index contributed by atoms with van der Waals surface area (Å²) in [5.41, 5.74) is 2.47. The van der Waals surface area contributed by atoms with E-state index in [0.717, 1.165) is 30.2 Å². The Labute approximate surface area is 223 Å². The number of fused-ring (bicyclic) bond motifs is 3. The highest BCUT2D eigenvalue weighted by molar-refractivity contribution is 8.00. The Morgan fingerprint density at radius 3 is 2.92 bits per heavy atom. The molecule has 1 unspecified atom stereocenters. The van der Waals surface area contributed by atoms with Crippen LogP contribution in [-0.4, -0.2) is 99.6 Å². The molecule has 0 aromatic carbocycles. The second-order valence-electron chi connectivity index (χ2n) is 9.74.